The van der Waals surface area contributed by atoms with Gasteiger partial charge in [0, 0.05) is 0 Å². The van der Waals surface area contributed by atoms with Crippen molar-refractivity contribution in [3.05, 3.63) is 35.9 Å². The lowest BCUT2D eigenvalue weighted by Gasteiger charge is -2.32. The van der Waals surface area contributed by atoms with Crippen molar-refractivity contribution in [1.82, 2.24) is 5.32 Å². The number of hydrogen-bond acceptors (Lipinski definition) is 4. The molecular weight excluding hydrogens is 274 g/mol. The molecule has 0 bridgehead atoms. The average molecular weight is 295 g/mol. The average Bonchev–Trinajstić information content (AvgIpc) is 2.36. The number of aliphatic hydroxyl groups excluding tert-OH is 1. The fraction of sp³-hybridized carbons (Fsp3) is 0.467. The van der Waals surface area contributed by atoms with E-state index in [-0.39, 0.29) is 0 Å². The molecule has 6 heteroatoms. The topological polar surface area (TPSA) is 95.9 Å². The summed E-state index contributed by atoms with van der Waals surface area (Å²) in [5.74, 6) is -1.36. The second-order valence-corrected chi connectivity index (χ2v) is 5.95. The monoisotopic (exact) mass is 295 g/mol. The molecule has 0 radical (unpaired) electrons. The molecule has 1 aromatic carbocycles. The summed E-state index contributed by atoms with van der Waals surface area (Å²) in [5, 5.41) is 21.9. The zero-order chi connectivity index (χ0) is 16.3. The van der Waals surface area contributed by atoms with Crippen LogP contribution < -0.4 is 5.32 Å². The number of alkyl carbamates (subject to hydrolysis) is 1. The van der Waals surface area contributed by atoms with Gasteiger partial charge in [0.25, 0.3) is 0 Å². The Labute approximate surface area is 123 Å². The van der Waals surface area contributed by atoms with Gasteiger partial charge in [-0.1, -0.05) is 30.3 Å². The quantitative estimate of drug-likeness (QED) is 0.790. The summed E-state index contributed by atoms with van der Waals surface area (Å²) in [6, 6.07) is 8.27. The molecule has 1 rings (SSSR count). The standard InChI is InChI=1S/C15H21NO5/c1-14(2,3)21-13(20)16-15(4,12(18)19)11(17)10-8-6-5-7-9-10/h5-9,11,17H,1-4H3,(H,16,20)(H,18,19)/t11-,15-/m0/s1. The summed E-state index contributed by atoms with van der Waals surface area (Å²) in [5.41, 5.74) is -2.27. The van der Waals surface area contributed by atoms with Crippen LogP contribution in [-0.4, -0.2) is 33.4 Å². The predicted octanol–water partition coefficient (Wildman–Crippen LogP) is 2.09. The zero-order valence-corrected chi connectivity index (χ0v) is 12.6. The summed E-state index contributed by atoms with van der Waals surface area (Å²) < 4.78 is 5.05. The summed E-state index contributed by atoms with van der Waals surface area (Å²) >= 11 is 0. The van der Waals surface area contributed by atoms with Crippen LogP contribution in [0.3, 0.4) is 0 Å². The number of carbonyl (C=O) groups excluding carboxylic acids is 1. The Morgan fingerprint density at radius 3 is 2.10 bits per heavy atom. The van der Waals surface area contributed by atoms with Gasteiger partial charge in [0.1, 0.15) is 11.7 Å². The van der Waals surface area contributed by atoms with Gasteiger partial charge < -0.3 is 20.3 Å². The predicted molar refractivity (Wildman–Crippen MR) is 76.8 cm³/mol. The number of aliphatic carboxylic acids is 1. The van der Waals surface area contributed by atoms with E-state index in [1.54, 1.807) is 51.1 Å². The molecule has 0 saturated carbocycles. The summed E-state index contributed by atoms with van der Waals surface area (Å²) in [4.78, 5) is 23.3. The summed E-state index contributed by atoms with van der Waals surface area (Å²) in [6.07, 6.45) is -2.31. The molecule has 0 unspecified atom stereocenters. The number of nitrogens with one attached hydrogen (secondary N) is 1. The number of aliphatic hydroxyl groups is 1. The number of carboxylic acid groups (broad SMARTS) is 1. The lowest BCUT2D eigenvalue weighted by Crippen LogP contribution is -2.57. The Hall–Kier alpha value is -2.08. The van der Waals surface area contributed by atoms with Crippen molar-refractivity contribution in [2.75, 3.05) is 0 Å². The first-order valence-electron chi connectivity index (χ1n) is 6.54. The molecule has 0 aliphatic carbocycles. The molecule has 116 valence electrons. The molecule has 0 saturated heterocycles. The fourth-order valence-corrected chi connectivity index (χ4v) is 1.72. The van der Waals surface area contributed by atoms with E-state index in [0.29, 0.717) is 5.56 Å². The molecule has 6 nitrogen and oxygen atoms in total. The lowest BCUT2D eigenvalue weighted by molar-refractivity contribution is -0.149. The highest BCUT2D eigenvalue weighted by Gasteiger charge is 2.44. The van der Waals surface area contributed by atoms with Crippen LogP contribution in [0, 0.1) is 0 Å². The number of benzene rings is 1. The highest BCUT2D eigenvalue weighted by Crippen LogP contribution is 2.26. The normalized spacial score (nSPS) is 15.7. The van der Waals surface area contributed by atoms with Crippen molar-refractivity contribution in [1.29, 1.82) is 0 Å². The Morgan fingerprint density at radius 1 is 1.14 bits per heavy atom. The van der Waals surface area contributed by atoms with Crippen molar-refractivity contribution in [2.24, 2.45) is 0 Å². The third-order valence-electron chi connectivity index (χ3n) is 2.87. The van der Waals surface area contributed by atoms with E-state index in [1.807, 2.05) is 0 Å². The molecule has 0 aromatic heterocycles. The van der Waals surface area contributed by atoms with E-state index in [2.05, 4.69) is 5.32 Å². The molecule has 0 spiro atoms. The van der Waals surface area contributed by atoms with Crippen molar-refractivity contribution in [2.45, 2.75) is 44.9 Å². The molecule has 21 heavy (non-hydrogen) atoms. The second-order valence-electron chi connectivity index (χ2n) is 5.95. The molecule has 3 N–H and O–H groups in total. The molecule has 2 atom stereocenters. The van der Waals surface area contributed by atoms with E-state index >= 15 is 0 Å². The maximum Gasteiger partial charge on any atom is 0.408 e. The van der Waals surface area contributed by atoms with Gasteiger partial charge in [0.15, 0.2) is 5.54 Å². The van der Waals surface area contributed by atoms with Gasteiger partial charge in [0.05, 0.1) is 0 Å². The van der Waals surface area contributed by atoms with Crippen LogP contribution in [-0.2, 0) is 9.53 Å². The Kier molecular flexibility index (Phi) is 4.96. The minimum atomic E-state index is -1.90. The van der Waals surface area contributed by atoms with Crippen LogP contribution in [0.2, 0.25) is 0 Å². The first-order chi connectivity index (χ1) is 9.56. The number of carboxylic acids is 1. The smallest absolute Gasteiger partial charge is 0.408 e. The van der Waals surface area contributed by atoms with Crippen LogP contribution in [0.25, 0.3) is 0 Å². The first kappa shape index (κ1) is 17.0. The number of amides is 1. The molecule has 1 aromatic rings. The van der Waals surface area contributed by atoms with Gasteiger partial charge in [-0.15, -0.1) is 0 Å². The maximum atomic E-state index is 11.8. The highest BCUT2D eigenvalue weighted by molar-refractivity contribution is 5.85. The largest absolute Gasteiger partial charge is 0.479 e. The zero-order valence-electron chi connectivity index (χ0n) is 12.6. The molecule has 0 fully saturated rings. The van der Waals surface area contributed by atoms with Crippen LogP contribution in [0.1, 0.15) is 39.4 Å². The number of rotatable bonds is 4. The van der Waals surface area contributed by atoms with Crippen LogP contribution in [0.5, 0.6) is 0 Å². The number of hydrogen-bond donors (Lipinski definition) is 3. The van der Waals surface area contributed by atoms with Crippen molar-refractivity contribution >= 4 is 12.1 Å². The highest BCUT2D eigenvalue weighted by atomic mass is 16.6. The number of carbonyl (C=O) groups is 2. The van der Waals surface area contributed by atoms with Gasteiger partial charge in [-0.2, -0.15) is 0 Å². The fourth-order valence-electron chi connectivity index (χ4n) is 1.72. The molecule has 0 heterocycles. The Bertz CT molecular complexity index is 509. The van der Waals surface area contributed by atoms with Crippen LogP contribution in [0.4, 0.5) is 4.79 Å². The Morgan fingerprint density at radius 2 is 1.67 bits per heavy atom. The van der Waals surface area contributed by atoms with Gasteiger partial charge in [-0.05, 0) is 33.3 Å². The van der Waals surface area contributed by atoms with Crippen molar-refractivity contribution in [3.63, 3.8) is 0 Å². The second kappa shape index (κ2) is 6.13. The summed E-state index contributed by atoms with van der Waals surface area (Å²) in [7, 11) is 0. The third kappa shape index (κ3) is 4.46. The molecular formula is C15H21NO5. The van der Waals surface area contributed by atoms with Gasteiger partial charge in [0.2, 0.25) is 0 Å². The Balaban J connectivity index is 2.99. The van der Waals surface area contributed by atoms with Crippen LogP contribution in [0.15, 0.2) is 30.3 Å². The van der Waals surface area contributed by atoms with Crippen LogP contribution >= 0.6 is 0 Å². The van der Waals surface area contributed by atoms with E-state index in [0.717, 1.165) is 0 Å². The first-order valence-corrected chi connectivity index (χ1v) is 6.54. The molecule has 1 amide bonds. The van der Waals surface area contributed by atoms with E-state index in [1.165, 1.54) is 6.92 Å². The maximum absolute atomic E-state index is 11.8. The van der Waals surface area contributed by atoms with Gasteiger partial charge in [-0.25, -0.2) is 9.59 Å². The van der Waals surface area contributed by atoms with Gasteiger partial charge in [-0.3, -0.25) is 0 Å². The van der Waals surface area contributed by atoms with Crippen molar-refractivity contribution < 1.29 is 24.5 Å². The van der Waals surface area contributed by atoms with E-state index in [4.69, 9.17) is 4.74 Å². The minimum absolute atomic E-state index is 0.387. The molecule has 0 aliphatic rings. The van der Waals surface area contributed by atoms with E-state index in [9.17, 15) is 19.8 Å². The van der Waals surface area contributed by atoms with E-state index < -0.39 is 29.3 Å². The summed E-state index contributed by atoms with van der Waals surface area (Å²) in [6.45, 7) is 6.23. The third-order valence-corrected chi connectivity index (χ3v) is 2.87. The lowest BCUT2D eigenvalue weighted by atomic mass is 9.89. The SMILES string of the molecule is CC(C)(C)OC(=O)N[C@](C)(C(=O)O)[C@@H](O)c1ccccc1. The molecule has 0 aliphatic heterocycles. The van der Waals surface area contributed by atoms with Crippen molar-refractivity contribution in [3.8, 4) is 0 Å². The van der Waals surface area contributed by atoms with Gasteiger partial charge >= 0.3 is 12.1 Å². The minimum Gasteiger partial charge on any atom is -0.479 e. The number of ether oxygens (including phenoxy) is 1.